The first-order valence-corrected chi connectivity index (χ1v) is 9.84. The number of alkyl halides is 2. The van der Waals surface area contributed by atoms with E-state index in [2.05, 4.69) is 0 Å². The lowest BCUT2D eigenvalue weighted by Gasteiger charge is -2.29. The van der Waals surface area contributed by atoms with Crippen molar-refractivity contribution in [3.63, 3.8) is 0 Å². The van der Waals surface area contributed by atoms with Crippen LogP contribution in [0.4, 0.5) is 8.78 Å². The predicted molar refractivity (Wildman–Crippen MR) is 111 cm³/mol. The molecule has 0 radical (unpaired) electrons. The lowest BCUT2D eigenvalue weighted by Crippen LogP contribution is -2.52. The molecule has 1 atom stereocenters. The molecule has 6 nitrogen and oxygen atoms in total. The van der Waals surface area contributed by atoms with Crippen LogP contribution in [0.3, 0.4) is 0 Å². The lowest BCUT2D eigenvalue weighted by molar-refractivity contribution is -0.144. The molecule has 2 aliphatic heterocycles. The number of amides is 3. The predicted octanol–water partition coefficient (Wildman–Crippen LogP) is 3.39. The highest BCUT2D eigenvalue weighted by atomic mass is 35.5. The third-order valence-corrected chi connectivity index (χ3v) is 5.39. The Morgan fingerprint density at radius 2 is 1.97 bits per heavy atom. The minimum absolute atomic E-state index is 0.0595. The van der Waals surface area contributed by atoms with Gasteiger partial charge in [0.1, 0.15) is 6.02 Å². The van der Waals surface area contributed by atoms with E-state index >= 15 is 0 Å². The summed E-state index contributed by atoms with van der Waals surface area (Å²) in [5.41, 5.74) is -0.0382. The fourth-order valence-electron chi connectivity index (χ4n) is 3.47. The number of fused-ring (bicyclic) bond motifs is 1. The summed E-state index contributed by atoms with van der Waals surface area (Å²) in [5.74, 6) is -9.67. The Morgan fingerprint density at radius 3 is 2.69 bits per heavy atom. The number of hydrogen-bond donors (Lipinski definition) is 1. The molecule has 4 rings (SSSR count). The van der Waals surface area contributed by atoms with Gasteiger partial charge in [-0.25, -0.2) is 0 Å². The van der Waals surface area contributed by atoms with Gasteiger partial charge in [-0.05, 0) is 42.1 Å². The number of hydrogen-bond acceptors (Lipinski definition) is 4. The topological polar surface area (TPSA) is 83.6 Å². The van der Waals surface area contributed by atoms with Gasteiger partial charge in [0.2, 0.25) is 17.6 Å². The van der Waals surface area contributed by atoms with Crippen molar-refractivity contribution in [2.24, 2.45) is 0 Å². The minimum atomic E-state index is -3.77. The average molecular weight is 467 g/mol. The number of imide groups is 1. The third kappa shape index (κ3) is 4.14. The zero-order valence-corrected chi connectivity index (χ0v) is 17.1. The van der Waals surface area contributed by atoms with Gasteiger partial charge in [-0.15, -0.1) is 0 Å². The largest absolute Gasteiger partial charge is 0.330 e. The number of carbonyl (C=O) groups excluding carboxylic acids is 4. The summed E-state index contributed by atoms with van der Waals surface area (Å²) in [6.45, 7) is -0.552. The summed E-state index contributed by atoms with van der Waals surface area (Å²) in [6, 6.07) is 5.30. The first kappa shape index (κ1) is 15.6. The van der Waals surface area contributed by atoms with E-state index in [1.807, 2.05) is 0 Å². The number of piperidine rings is 1. The van der Waals surface area contributed by atoms with Crippen LogP contribution in [0.2, 0.25) is 6.43 Å². The van der Waals surface area contributed by atoms with Crippen LogP contribution in [-0.4, -0.2) is 34.4 Å². The first-order valence-electron chi connectivity index (χ1n) is 12.4. The fourth-order valence-corrected chi connectivity index (χ4v) is 3.59. The van der Waals surface area contributed by atoms with E-state index in [0.717, 1.165) is 12.1 Å². The van der Waals surface area contributed by atoms with E-state index in [0.29, 0.717) is 10.5 Å². The molecule has 0 bridgehead atoms. The number of nitrogens with zero attached hydrogens (tertiary/aromatic N) is 1. The molecule has 0 spiro atoms. The summed E-state index contributed by atoms with van der Waals surface area (Å²) in [5, 5.41) is -0.225. The smallest absolute Gasteiger partial charge is 0.322 e. The minimum Gasteiger partial charge on any atom is -0.322 e. The van der Waals surface area contributed by atoms with Crippen LogP contribution < -0.4 is 5.31 Å². The van der Waals surface area contributed by atoms with Crippen molar-refractivity contribution >= 4 is 35.1 Å². The SMILES string of the molecule is [2H]N1C(=O)C([2H])([2H])C([2H])([2H])[C@@]([2H])(N2Cc3cc(CCC(=O)C(F)(F)c4ccc(Cl)cc4)ccc3C2=O)C1=O. The Kier molecular flexibility index (Phi) is 4.12. The number of aryl methyl sites for hydroxylation is 1. The summed E-state index contributed by atoms with van der Waals surface area (Å²) < 4.78 is 77.2. The molecule has 0 aliphatic carbocycles. The molecule has 1 N–H and O–H groups in total. The van der Waals surface area contributed by atoms with Gasteiger partial charge in [-0.3, -0.25) is 24.5 Å². The van der Waals surface area contributed by atoms with Gasteiger partial charge >= 0.3 is 5.92 Å². The van der Waals surface area contributed by atoms with E-state index in [-0.39, 0.29) is 22.6 Å². The second-order valence-electron chi connectivity index (χ2n) is 7.21. The molecule has 0 saturated carbocycles. The molecule has 32 heavy (non-hydrogen) atoms. The van der Waals surface area contributed by atoms with Crippen molar-refractivity contribution < 1.29 is 36.2 Å². The van der Waals surface area contributed by atoms with Gasteiger partial charge in [0.15, 0.2) is 1.41 Å². The summed E-state index contributed by atoms with van der Waals surface area (Å²) >= 11 is 5.71. The Labute approximate surface area is 196 Å². The van der Waals surface area contributed by atoms with Crippen LogP contribution in [0.15, 0.2) is 42.5 Å². The number of ketones is 1. The molecule has 9 heteroatoms. The number of halogens is 3. The summed E-state index contributed by atoms with van der Waals surface area (Å²) in [7, 11) is 0. The molecule has 2 aliphatic rings. The summed E-state index contributed by atoms with van der Waals surface area (Å²) in [4.78, 5) is 50.6. The molecule has 166 valence electrons. The number of Topliss-reactive ketones (excluding diaryl/α,β-unsaturated/α-hetero) is 1. The molecular formula is C23H19ClF2N2O4. The molecular weight excluding hydrogens is 442 g/mol. The van der Waals surface area contributed by atoms with Crippen molar-refractivity contribution in [1.29, 1.82) is 0 Å². The van der Waals surface area contributed by atoms with E-state index in [1.54, 1.807) is 0 Å². The number of benzene rings is 2. The molecule has 2 aromatic rings. The highest BCUT2D eigenvalue weighted by Crippen LogP contribution is 2.32. The van der Waals surface area contributed by atoms with Gasteiger partial charge in [0, 0.05) is 41.0 Å². The molecule has 0 unspecified atom stereocenters. The van der Waals surface area contributed by atoms with E-state index in [4.69, 9.17) is 19.9 Å². The normalized spacial score (nSPS) is 27.0. The van der Waals surface area contributed by atoms with Gasteiger partial charge in [0.05, 0.1) is 1.37 Å². The van der Waals surface area contributed by atoms with Gasteiger partial charge in [-0.1, -0.05) is 35.9 Å². The zero-order chi connectivity index (χ0) is 28.4. The second kappa shape index (κ2) is 8.43. The molecule has 1 saturated heterocycles. The maximum atomic E-state index is 14.6. The van der Waals surface area contributed by atoms with Crippen molar-refractivity contribution in [1.82, 2.24) is 10.2 Å². The summed E-state index contributed by atoms with van der Waals surface area (Å²) in [6.07, 6.45) is -7.70. The molecule has 3 amide bonds. The monoisotopic (exact) mass is 466 g/mol. The van der Waals surface area contributed by atoms with Crippen LogP contribution in [0.25, 0.3) is 0 Å². The van der Waals surface area contributed by atoms with Gasteiger partial charge < -0.3 is 4.90 Å². The van der Waals surface area contributed by atoms with Crippen molar-refractivity contribution in [2.45, 2.75) is 44.1 Å². The standard InChI is InChI=1S/C23H19ClF2N2O4/c24-16-5-3-15(4-6-16)23(25,26)19(29)9-2-13-1-7-17-14(11-13)12-28(22(17)32)18-8-10-20(30)27-21(18)31/h1,3-7,11,18H,2,8-10,12H2,(H,27,30,31)/t18-/m1/s1/i8D2,10D2,18D/hD. The van der Waals surface area contributed by atoms with Crippen LogP contribution in [-0.2, 0) is 33.3 Å². The molecule has 1 fully saturated rings. The van der Waals surface area contributed by atoms with E-state index in [9.17, 15) is 28.0 Å². The fraction of sp³-hybridized carbons (Fsp3) is 0.304. The highest BCUT2D eigenvalue weighted by Gasteiger charge is 2.41. The van der Waals surface area contributed by atoms with E-state index in [1.165, 1.54) is 30.3 Å². The number of nitrogens with one attached hydrogen (secondary N) is 1. The third-order valence-electron chi connectivity index (χ3n) is 5.13. The average Bonchev–Trinajstić information content (AvgIpc) is 3.20. The van der Waals surface area contributed by atoms with E-state index < -0.39 is 72.0 Å². The zero-order valence-electron chi connectivity index (χ0n) is 22.3. The highest BCUT2D eigenvalue weighted by molar-refractivity contribution is 6.30. The van der Waals surface area contributed by atoms with Crippen molar-refractivity contribution in [2.75, 3.05) is 0 Å². The Hall–Kier alpha value is -3.13. The van der Waals surface area contributed by atoms with Crippen LogP contribution in [0.5, 0.6) is 0 Å². The van der Waals surface area contributed by atoms with Crippen LogP contribution in [0.1, 0.15) is 53.1 Å². The Morgan fingerprint density at radius 1 is 1.25 bits per heavy atom. The Bertz CT molecular complexity index is 1370. The second-order valence-corrected chi connectivity index (χ2v) is 7.64. The maximum Gasteiger partial charge on any atom is 0.330 e. The van der Waals surface area contributed by atoms with Crippen LogP contribution >= 0.6 is 11.6 Å². The maximum absolute atomic E-state index is 14.6. The van der Waals surface area contributed by atoms with Crippen molar-refractivity contribution in [3.8, 4) is 0 Å². The molecule has 2 heterocycles. The number of carbonyl (C=O) groups is 4. The molecule has 2 aromatic carbocycles. The van der Waals surface area contributed by atoms with Gasteiger partial charge in [0.25, 0.3) is 5.91 Å². The first-order chi connectivity index (χ1) is 17.5. The molecule has 0 aromatic heterocycles. The lowest BCUT2D eigenvalue weighted by atomic mass is 9.97. The quantitative estimate of drug-likeness (QED) is 0.661. The Balaban J connectivity index is 1.56. The number of rotatable bonds is 6. The van der Waals surface area contributed by atoms with Crippen LogP contribution in [0, 0.1) is 0 Å². The van der Waals surface area contributed by atoms with Crippen molar-refractivity contribution in [3.05, 3.63) is 69.7 Å². The van der Waals surface area contributed by atoms with Gasteiger partial charge in [-0.2, -0.15) is 8.78 Å².